The molecule has 0 spiro atoms. The minimum atomic E-state index is 0.812. The van der Waals surface area contributed by atoms with E-state index in [4.69, 9.17) is 9.47 Å². The van der Waals surface area contributed by atoms with Gasteiger partial charge < -0.3 is 9.47 Å². The number of ether oxygens (including phenoxy) is 2. The van der Waals surface area contributed by atoms with Gasteiger partial charge in [-0.05, 0) is 61.1 Å². The molecule has 4 heteroatoms. The highest BCUT2D eigenvalue weighted by atomic mass is 79.9. The van der Waals surface area contributed by atoms with E-state index in [1.807, 2.05) is 0 Å². The SMILES string of the molecule is BrCCCCCCCCCCOc1ccc(-c2ccc(OCCCCCCCCCCBr)cc2)cc1. The van der Waals surface area contributed by atoms with E-state index in [1.54, 1.807) is 0 Å². The molecule has 0 unspecified atom stereocenters. The number of rotatable bonds is 23. The second kappa shape index (κ2) is 22.0. The van der Waals surface area contributed by atoms with E-state index in [2.05, 4.69) is 80.4 Å². The molecule has 0 amide bonds. The second-order valence-electron chi connectivity index (χ2n) is 9.78. The van der Waals surface area contributed by atoms with Crippen molar-refractivity contribution < 1.29 is 9.47 Å². The summed E-state index contributed by atoms with van der Waals surface area (Å²) in [6, 6.07) is 17.0. The monoisotopic (exact) mass is 622 g/mol. The second-order valence-corrected chi connectivity index (χ2v) is 11.4. The van der Waals surface area contributed by atoms with Gasteiger partial charge in [0.1, 0.15) is 11.5 Å². The maximum Gasteiger partial charge on any atom is 0.119 e. The molecule has 0 heterocycles. The maximum atomic E-state index is 5.95. The molecule has 2 aromatic rings. The van der Waals surface area contributed by atoms with Crippen LogP contribution in [-0.2, 0) is 0 Å². The molecular formula is C32H48Br2O2. The van der Waals surface area contributed by atoms with Crippen LogP contribution < -0.4 is 9.47 Å². The van der Waals surface area contributed by atoms with Crippen LogP contribution in [0.15, 0.2) is 48.5 Å². The quantitative estimate of drug-likeness (QED) is 0.0905. The largest absolute Gasteiger partial charge is 0.494 e. The van der Waals surface area contributed by atoms with Crippen LogP contribution in [0.5, 0.6) is 11.5 Å². The van der Waals surface area contributed by atoms with Crippen LogP contribution in [0.4, 0.5) is 0 Å². The molecule has 0 aliphatic rings. The van der Waals surface area contributed by atoms with E-state index >= 15 is 0 Å². The van der Waals surface area contributed by atoms with Crippen molar-refractivity contribution in [2.75, 3.05) is 23.9 Å². The van der Waals surface area contributed by atoms with Crippen molar-refractivity contribution >= 4 is 31.9 Å². The van der Waals surface area contributed by atoms with E-state index in [0.717, 1.165) is 48.2 Å². The van der Waals surface area contributed by atoms with Crippen molar-refractivity contribution in [2.45, 2.75) is 103 Å². The molecule has 0 N–H and O–H groups in total. The first kappa shape index (κ1) is 31.2. The molecule has 2 aromatic carbocycles. The van der Waals surface area contributed by atoms with Crippen molar-refractivity contribution in [3.8, 4) is 22.6 Å². The third-order valence-corrected chi connectivity index (χ3v) is 7.76. The Morgan fingerprint density at radius 3 is 0.944 bits per heavy atom. The zero-order valence-corrected chi connectivity index (χ0v) is 25.5. The molecule has 2 nitrogen and oxygen atoms in total. The van der Waals surface area contributed by atoms with Crippen molar-refractivity contribution in [1.29, 1.82) is 0 Å². The summed E-state index contributed by atoms with van der Waals surface area (Å²) in [5, 5.41) is 2.29. The van der Waals surface area contributed by atoms with Crippen LogP contribution >= 0.6 is 31.9 Å². The van der Waals surface area contributed by atoms with Gasteiger partial charge >= 0.3 is 0 Å². The lowest BCUT2D eigenvalue weighted by molar-refractivity contribution is 0.304. The van der Waals surface area contributed by atoms with Crippen LogP contribution in [0.2, 0.25) is 0 Å². The molecule has 36 heavy (non-hydrogen) atoms. The van der Waals surface area contributed by atoms with Gasteiger partial charge in [-0.3, -0.25) is 0 Å². The molecule has 0 aliphatic heterocycles. The molecule has 0 bridgehead atoms. The van der Waals surface area contributed by atoms with Crippen molar-refractivity contribution in [2.24, 2.45) is 0 Å². The summed E-state index contributed by atoms with van der Waals surface area (Å²) >= 11 is 7.00. The summed E-state index contributed by atoms with van der Waals surface area (Å²) in [5.41, 5.74) is 2.43. The van der Waals surface area contributed by atoms with Crippen LogP contribution in [0.3, 0.4) is 0 Å². The zero-order valence-electron chi connectivity index (χ0n) is 22.3. The average Bonchev–Trinajstić information content (AvgIpc) is 2.91. The summed E-state index contributed by atoms with van der Waals surface area (Å²) in [6.45, 7) is 1.62. The number of halogens is 2. The maximum absolute atomic E-state index is 5.95. The highest BCUT2D eigenvalue weighted by Gasteiger charge is 2.01. The van der Waals surface area contributed by atoms with Gasteiger partial charge in [0, 0.05) is 10.7 Å². The van der Waals surface area contributed by atoms with Gasteiger partial charge in [-0.15, -0.1) is 0 Å². The highest BCUT2D eigenvalue weighted by Crippen LogP contribution is 2.25. The van der Waals surface area contributed by atoms with E-state index in [1.165, 1.54) is 101 Å². The van der Waals surface area contributed by atoms with Crippen molar-refractivity contribution in [3.63, 3.8) is 0 Å². The molecule has 0 fully saturated rings. The Labute approximate surface area is 238 Å². The molecule has 2 rings (SSSR count). The third-order valence-electron chi connectivity index (χ3n) is 6.64. The first-order chi connectivity index (χ1) is 17.8. The van der Waals surface area contributed by atoms with Gasteiger partial charge in [0.05, 0.1) is 13.2 Å². The van der Waals surface area contributed by atoms with Gasteiger partial charge in [-0.25, -0.2) is 0 Å². The molecular weight excluding hydrogens is 576 g/mol. The smallest absolute Gasteiger partial charge is 0.119 e. The molecule has 0 radical (unpaired) electrons. The minimum Gasteiger partial charge on any atom is -0.494 e. The van der Waals surface area contributed by atoms with Crippen LogP contribution in [0.1, 0.15) is 103 Å². The number of unbranched alkanes of at least 4 members (excludes halogenated alkanes) is 14. The lowest BCUT2D eigenvalue weighted by atomic mass is 10.1. The third kappa shape index (κ3) is 15.3. The topological polar surface area (TPSA) is 18.5 Å². The number of hydrogen-bond acceptors (Lipinski definition) is 2. The minimum absolute atomic E-state index is 0.812. The lowest BCUT2D eigenvalue weighted by Gasteiger charge is -2.09. The summed E-state index contributed by atoms with van der Waals surface area (Å²) in [5.74, 6) is 1.93. The van der Waals surface area contributed by atoms with E-state index < -0.39 is 0 Å². The van der Waals surface area contributed by atoms with Gasteiger partial charge in [0.25, 0.3) is 0 Å². The Bertz CT molecular complexity index is 680. The molecule has 0 atom stereocenters. The normalized spacial score (nSPS) is 11.1. The molecule has 0 aromatic heterocycles. The van der Waals surface area contributed by atoms with Crippen molar-refractivity contribution in [3.05, 3.63) is 48.5 Å². The summed E-state index contributed by atoms with van der Waals surface area (Å²) in [7, 11) is 0. The van der Waals surface area contributed by atoms with Crippen LogP contribution in [-0.4, -0.2) is 23.9 Å². The fourth-order valence-electron chi connectivity index (χ4n) is 4.38. The number of hydrogen-bond donors (Lipinski definition) is 0. The Morgan fingerprint density at radius 2 is 0.639 bits per heavy atom. The molecule has 0 saturated heterocycles. The number of alkyl halides is 2. The fraction of sp³-hybridized carbons (Fsp3) is 0.625. The van der Waals surface area contributed by atoms with Gasteiger partial charge in [0.15, 0.2) is 0 Å². The Balaban J connectivity index is 1.53. The Morgan fingerprint density at radius 1 is 0.361 bits per heavy atom. The Kier molecular flexibility index (Phi) is 19.1. The van der Waals surface area contributed by atoms with E-state index in [0.29, 0.717) is 0 Å². The van der Waals surface area contributed by atoms with Gasteiger partial charge in [0.2, 0.25) is 0 Å². The highest BCUT2D eigenvalue weighted by molar-refractivity contribution is 9.09. The average molecular weight is 625 g/mol. The first-order valence-corrected chi connectivity index (χ1v) is 16.7. The van der Waals surface area contributed by atoms with Gasteiger partial charge in [-0.2, -0.15) is 0 Å². The molecule has 202 valence electrons. The van der Waals surface area contributed by atoms with Crippen LogP contribution in [0, 0.1) is 0 Å². The summed E-state index contributed by atoms with van der Waals surface area (Å²) < 4.78 is 11.9. The molecule has 0 saturated carbocycles. The van der Waals surface area contributed by atoms with Crippen molar-refractivity contribution in [1.82, 2.24) is 0 Å². The number of benzene rings is 2. The van der Waals surface area contributed by atoms with E-state index in [9.17, 15) is 0 Å². The predicted octanol–water partition coefficient (Wildman–Crippen LogP) is 11.1. The molecule has 0 aliphatic carbocycles. The first-order valence-electron chi connectivity index (χ1n) is 14.4. The summed E-state index contributed by atoms with van der Waals surface area (Å²) in [4.78, 5) is 0. The fourth-order valence-corrected chi connectivity index (χ4v) is 5.17. The lowest BCUT2D eigenvalue weighted by Crippen LogP contribution is -1.97. The standard InChI is InChI=1S/C32H48Br2O2/c33-25-13-9-5-1-3-7-11-15-27-35-31-21-17-29(18-22-31)30-19-23-32(24-20-30)36-28-16-12-8-4-2-6-10-14-26-34/h17-24H,1-16,25-28H2. The Hall–Kier alpha value is -1.00. The van der Waals surface area contributed by atoms with Gasteiger partial charge in [-0.1, -0.05) is 133 Å². The van der Waals surface area contributed by atoms with E-state index in [-0.39, 0.29) is 0 Å². The van der Waals surface area contributed by atoms with Crippen LogP contribution in [0.25, 0.3) is 11.1 Å². The predicted molar refractivity (Wildman–Crippen MR) is 164 cm³/mol. The zero-order chi connectivity index (χ0) is 25.5. The summed E-state index contributed by atoms with van der Waals surface area (Å²) in [6.07, 6.45) is 21.0.